The topological polar surface area (TPSA) is 93.5 Å². The molecule has 148 valence electrons. The molecule has 0 aliphatic carbocycles. The highest BCUT2D eigenvalue weighted by atomic mass is 16.6. The van der Waals surface area contributed by atoms with Crippen LogP contribution in [0, 0.1) is 10.1 Å². The van der Waals surface area contributed by atoms with Gasteiger partial charge >= 0.3 is 0 Å². The van der Waals surface area contributed by atoms with Gasteiger partial charge < -0.3 is 15.4 Å². The summed E-state index contributed by atoms with van der Waals surface area (Å²) in [6.07, 6.45) is 0. The Labute approximate surface area is 168 Å². The van der Waals surface area contributed by atoms with E-state index in [1.165, 1.54) is 12.1 Å². The molecule has 0 radical (unpaired) electrons. The standard InChI is InChI=1S/C22H21N3O4/c1-29-19-10-7-17(8-11-19)15-24-22(26)20-13-18(25(27)28)9-12-21(20)23-14-16-5-3-2-4-6-16/h2-13,23H,14-15H2,1H3,(H,24,26). The van der Waals surface area contributed by atoms with E-state index in [0.717, 1.165) is 16.9 Å². The van der Waals surface area contributed by atoms with Gasteiger partial charge in [0.15, 0.2) is 0 Å². The monoisotopic (exact) mass is 391 g/mol. The third-order valence-electron chi connectivity index (χ3n) is 4.40. The van der Waals surface area contributed by atoms with Gasteiger partial charge in [-0.15, -0.1) is 0 Å². The Balaban J connectivity index is 1.75. The molecule has 3 aromatic carbocycles. The summed E-state index contributed by atoms with van der Waals surface area (Å²) >= 11 is 0. The lowest BCUT2D eigenvalue weighted by atomic mass is 10.1. The highest BCUT2D eigenvalue weighted by Gasteiger charge is 2.16. The minimum atomic E-state index is -0.513. The van der Waals surface area contributed by atoms with Crippen LogP contribution in [-0.4, -0.2) is 17.9 Å². The molecule has 0 atom stereocenters. The molecule has 7 nitrogen and oxygen atoms in total. The van der Waals surface area contributed by atoms with Gasteiger partial charge in [-0.3, -0.25) is 14.9 Å². The van der Waals surface area contributed by atoms with Crippen LogP contribution < -0.4 is 15.4 Å². The molecular formula is C22H21N3O4. The molecule has 3 aromatic rings. The number of hydrogen-bond donors (Lipinski definition) is 2. The number of nitro groups is 1. The van der Waals surface area contributed by atoms with Crippen LogP contribution in [0.4, 0.5) is 11.4 Å². The Kier molecular flexibility index (Phi) is 6.42. The van der Waals surface area contributed by atoms with E-state index >= 15 is 0 Å². The zero-order valence-electron chi connectivity index (χ0n) is 15.9. The molecule has 29 heavy (non-hydrogen) atoms. The van der Waals surface area contributed by atoms with Gasteiger partial charge in [-0.05, 0) is 29.3 Å². The summed E-state index contributed by atoms with van der Waals surface area (Å²) in [5.41, 5.74) is 2.55. The fourth-order valence-corrected chi connectivity index (χ4v) is 2.80. The van der Waals surface area contributed by atoms with E-state index in [0.29, 0.717) is 18.8 Å². The highest BCUT2D eigenvalue weighted by molar-refractivity contribution is 6.00. The third kappa shape index (κ3) is 5.32. The van der Waals surface area contributed by atoms with Gasteiger partial charge in [0.2, 0.25) is 0 Å². The molecule has 0 bridgehead atoms. The van der Waals surface area contributed by atoms with E-state index in [4.69, 9.17) is 4.74 Å². The Morgan fingerprint density at radius 1 is 0.966 bits per heavy atom. The van der Waals surface area contributed by atoms with Crippen molar-refractivity contribution in [2.75, 3.05) is 12.4 Å². The van der Waals surface area contributed by atoms with Crippen LogP contribution in [-0.2, 0) is 13.1 Å². The van der Waals surface area contributed by atoms with Crippen LogP contribution in [0.1, 0.15) is 21.5 Å². The average Bonchev–Trinajstić information content (AvgIpc) is 2.77. The van der Waals surface area contributed by atoms with Gasteiger partial charge in [-0.2, -0.15) is 0 Å². The first-order valence-electron chi connectivity index (χ1n) is 9.04. The Morgan fingerprint density at radius 3 is 2.31 bits per heavy atom. The SMILES string of the molecule is COc1ccc(CNC(=O)c2cc([N+](=O)[O-])ccc2NCc2ccccc2)cc1. The second-order valence-electron chi connectivity index (χ2n) is 6.36. The summed E-state index contributed by atoms with van der Waals surface area (Å²) in [6.45, 7) is 0.793. The normalized spacial score (nSPS) is 10.2. The number of carbonyl (C=O) groups is 1. The van der Waals surface area contributed by atoms with Crippen LogP contribution >= 0.6 is 0 Å². The molecule has 0 unspecified atom stereocenters. The minimum Gasteiger partial charge on any atom is -0.497 e. The first-order chi connectivity index (χ1) is 14.1. The number of nitro benzene ring substituents is 1. The molecule has 0 aliphatic rings. The predicted octanol–water partition coefficient (Wildman–Crippen LogP) is 4.15. The maximum Gasteiger partial charge on any atom is 0.270 e. The number of ether oxygens (including phenoxy) is 1. The van der Waals surface area contributed by atoms with Crippen molar-refractivity contribution in [3.8, 4) is 5.75 Å². The first kappa shape index (κ1) is 19.9. The summed E-state index contributed by atoms with van der Waals surface area (Å²) in [5, 5.41) is 17.2. The Hall–Kier alpha value is -3.87. The van der Waals surface area contributed by atoms with E-state index in [2.05, 4.69) is 10.6 Å². The van der Waals surface area contributed by atoms with Gasteiger partial charge in [-0.25, -0.2) is 0 Å². The molecular weight excluding hydrogens is 370 g/mol. The van der Waals surface area contributed by atoms with Crippen molar-refractivity contribution < 1.29 is 14.5 Å². The number of hydrogen-bond acceptors (Lipinski definition) is 5. The zero-order chi connectivity index (χ0) is 20.6. The van der Waals surface area contributed by atoms with Crippen LogP contribution in [0.2, 0.25) is 0 Å². The largest absolute Gasteiger partial charge is 0.497 e. The average molecular weight is 391 g/mol. The molecule has 0 spiro atoms. The van der Waals surface area contributed by atoms with E-state index in [-0.39, 0.29) is 17.2 Å². The fraction of sp³-hybridized carbons (Fsp3) is 0.136. The lowest BCUT2D eigenvalue weighted by Crippen LogP contribution is -2.24. The second kappa shape index (κ2) is 9.36. The predicted molar refractivity (Wildman–Crippen MR) is 111 cm³/mol. The lowest BCUT2D eigenvalue weighted by Gasteiger charge is -2.13. The van der Waals surface area contributed by atoms with Crippen molar-refractivity contribution in [2.45, 2.75) is 13.1 Å². The summed E-state index contributed by atoms with van der Waals surface area (Å²) in [4.78, 5) is 23.4. The maximum absolute atomic E-state index is 12.7. The highest BCUT2D eigenvalue weighted by Crippen LogP contribution is 2.23. The molecule has 2 N–H and O–H groups in total. The quantitative estimate of drug-likeness (QED) is 0.444. The second-order valence-corrected chi connectivity index (χ2v) is 6.36. The zero-order valence-corrected chi connectivity index (χ0v) is 15.9. The number of nitrogens with zero attached hydrogens (tertiary/aromatic N) is 1. The minimum absolute atomic E-state index is 0.134. The van der Waals surface area contributed by atoms with E-state index < -0.39 is 4.92 Å². The molecule has 0 aromatic heterocycles. The van der Waals surface area contributed by atoms with Crippen LogP contribution in [0.3, 0.4) is 0 Å². The van der Waals surface area contributed by atoms with Crippen molar-refractivity contribution in [1.82, 2.24) is 5.32 Å². The van der Waals surface area contributed by atoms with Gasteiger partial charge in [-0.1, -0.05) is 42.5 Å². The van der Waals surface area contributed by atoms with E-state index in [1.54, 1.807) is 13.2 Å². The number of benzene rings is 3. The summed E-state index contributed by atoms with van der Waals surface area (Å²) in [6, 6.07) is 21.2. The van der Waals surface area contributed by atoms with Gasteiger partial charge in [0.25, 0.3) is 11.6 Å². The van der Waals surface area contributed by atoms with E-state index in [9.17, 15) is 14.9 Å². The first-order valence-corrected chi connectivity index (χ1v) is 9.04. The molecule has 0 fully saturated rings. The maximum atomic E-state index is 12.7. The van der Waals surface area contributed by atoms with Crippen LogP contribution in [0.5, 0.6) is 5.75 Å². The van der Waals surface area contributed by atoms with Gasteiger partial charge in [0.05, 0.1) is 17.6 Å². The van der Waals surface area contributed by atoms with Crippen molar-refractivity contribution in [3.05, 3.63) is 99.6 Å². The molecule has 7 heteroatoms. The number of amides is 1. The smallest absolute Gasteiger partial charge is 0.270 e. The molecule has 3 rings (SSSR count). The number of methoxy groups -OCH3 is 1. The summed E-state index contributed by atoms with van der Waals surface area (Å²) < 4.78 is 5.12. The third-order valence-corrected chi connectivity index (χ3v) is 4.40. The number of nitrogens with one attached hydrogen (secondary N) is 2. The van der Waals surface area contributed by atoms with Crippen molar-refractivity contribution in [1.29, 1.82) is 0 Å². The molecule has 0 aliphatic heterocycles. The number of rotatable bonds is 8. The van der Waals surface area contributed by atoms with Crippen molar-refractivity contribution >= 4 is 17.3 Å². The van der Waals surface area contributed by atoms with Gasteiger partial charge in [0, 0.05) is 30.9 Å². The Morgan fingerprint density at radius 2 is 1.66 bits per heavy atom. The van der Waals surface area contributed by atoms with Crippen LogP contribution in [0.25, 0.3) is 0 Å². The van der Waals surface area contributed by atoms with Crippen molar-refractivity contribution in [2.24, 2.45) is 0 Å². The Bertz CT molecular complexity index is 989. The molecule has 0 heterocycles. The van der Waals surface area contributed by atoms with E-state index in [1.807, 2.05) is 54.6 Å². The molecule has 1 amide bonds. The van der Waals surface area contributed by atoms with Crippen molar-refractivity contribution in [3.63, 3.8) is 0 Å². The number of non-ortho nitro benzene ring substituents is 1. The summed E-state index contributed by atoms with van der Waals surface area (Å²) in [7, 11) is 1.59. The molecule has 0 saturated carbocycles. The number of anilines is 1. The lowest BCUT2D eigenvalue weighted by molar-refractivity contribution is -0.384. The molecule has 0 saturated heterocycles. The fourth-order valence-electron chi connectivity index (χ4n) is 2.80. The summed E-state index contributed by atoms with van der Waals surface area (Å²) in [5.74, 6) is 0.339. The van der Waals surface area contributed by atoms with Gasteiger partial charge in [0.1, 0.15) is 5.75 Å². The number of carbonyl (C=O) groups excluding carboxylic acids is 1. The van der Waals surface area contributed by atoms with Crippen LogP contribution in [0.15, 0.2) is 72.8 Å².